The molecule has 39 heavy (non-hydrogen) atoms. The van der Waals surface area contributed by atoms with E-state index in [0.29, 0.717) is 0 Å². The summed E-state index contributed by atoms with van der Waals surface area (Å²) in [5.41, 5.74) is 2.26. The lowest BCUT2D eigenvalue weighted by atomic mass is 9.91. The highest BCUT2D eigenvalue weighted by atomic mass is 19.1. The van der Waals surface area contributed by atoms with E-state index >= 15 is 0 Å². The molecule has 0 bridgehead atoms. The number of hydrogen-bond donors (Lipinski definition) is 0. The van der Waals surface area contributed by atoms with Crippen molar-refractivity contribution in [1.29, 1.82) is 0 Å². The van der Waals surface area contributed by atoms with Gasteiger partial charge in [0.2, 0.25) is 0 Å². The van der Waals surface area contributed by atoms with Gasteiger partial charge in [0.15, 0.2) is 0 Å². The van der Waals surface area contributed by atoms with E-state index in [1.807, 2.05) is 26.1 Å². The Bertz CT molecular complexity index is 881. The van der Waals surface area contributed by atoms with E-state index in [-0.39, 0.29) is 5.82 Å². The van der Waals surface area contributed by atoms with Crippen molar-refractivity contribution in [2.24, 2.45) is 5.92 Å². The Morgan fingerprint density at radius 2 is 1.51 bits per heavy atom. The number of halogens is 1. The number of piperidine rings is 1. The number of pyridine rings is 1. The van der Waals surface area contributed by atoms with Crippen LogP contribution in [0.25, 0.3) is 0 Å². The van der Waals surface area contributed by atoms with Crippen LogP contribution in [-0.2, 0) is 0 Å². The minimum Gasteiger partial charge on any atom is -0.371 e. The summed E-state index contributed by atoms with van der Waals surface area (Å²) in [5, 5.41) is 0. The summed E-state index contributed by atoms with van der Waals surface area (Å²) in [4.78, 5) is 11.9. The molecule has 1 aromatic heterocycles. The summed E-state index contributed by atoms with van der Waals surface area (Å²) in [6, 6.07) is 11.4. The first kappa shape index (κ1) is 32.9. The highest BCUT2D eigenvalue weighted by Gasteiger charge is 2.20. The van der Waals surface area contributed by atoms with Crippen molar-refractivity contribution in [1.82, 2.24) is 4.98 Å². The van der Waals surface area contributed by atoms with Crippen LogP contribution < -0.4 is 14.7 Å². The van der Waals surface area contributed by atoms with Crippen molar-refractivity contribution < 1.29 is 4.39 Å². The minimum atomic E-state index is -0.175. The smallest absolute Gasteiger partial charge is 0.130 e. The average Bonchev–Trinajstić information content (AvgIpc) is 2.98. The van der Waals surface area contributed by atoms with Crippen LogP contribution in [0.1, 0.15) is 105 Å². The van der Waals surface area contributed by atoms with E-state index in [0.717, 1.165) is 63.1 Å². The van der Waals surface area contributed by atoms with Gasteiger partial charge in [-0.3, -0.25) is 0 Å². The van der Waals surface area contributed by atoms with Crippen LogP contribution in [0, 0.1) is 11.7 Å². The maximum absolute atomic E-state index is 13.8. The zero-order chi connectivity index (χ0) is 28.3. The predicted octanol–water partition coefficient (Wildman–Crippen LogP) is 9.35. The van der Waals surface area contributed by atoms with Crippen molar-refractivity contribution in [3.05, 3.63) is 48.4 Å². The molecule has 0 atom stereocenters. The topological polar surface area (TPSA) is 22.6 Å². The van der Waals surface area contributed by atoms with Gasteiger partial charge in [0.1, 0.15) is 11.6 Å². The molecule has 0 saturated carbocycles. The fourth-order valence-corrected chi connectivity index (χ4v) is 5.64. The number of anilines is 3. The third-order valence-corrected chi connectivity index (χ3v) is 7.94. The van der Waals surface area contributed by atoms with Crippen molar-refractivity contribution in [2.75, 3.05) is 54.0 Å². The van der Waals surface area contributed by atoms with Crippen LogP contribution in [0.4, 0.5) is 21.6 Å². The molecule has 0 aliphatic carbocycles. The fourth-order valence-electron chi connectivity index (χ4n) is 5.64. The molecular formula is C34H57FN4. The molecule has 0 spiro atoms. The van der Waals surface area contributed by atoms with E-state index in [9.17, 15) is 4.39 Å². The average molecular weight is 541 g/mol. The van der Waals surface area contributed by atoms with E-state index in [4.69, 9.17) is 4.98 Å². The van der Waals surface area contributed by atoms with Gasteiger partial charge in [-0.1, -0.05) is 85.1 Å². The van der Waals surface area contributed by atoms with Crippen molar-refractivity contribution in [2.45, 2.75) is 105 Å². The van der Waals surface area contributed by atoms with Gasteiger partial charge in [-0.15, -0.1) is 0 Å². The molecule has 1 aliphatic rings. The number of likely N-dealkylation sites (N-methyl/N-ethyl adjacent to an activating group) is 1. The Morgan fingerprint density at radius 3 is 2.18 bits per heavy atom. The van der Waals surface area contributed by atoms with Crippen LogP contribution in [0.15, 0.2) is 42.6 Å². The molecular weight excluding hydrogens is 483 g/mol. The molecule has 2 aromatic rings. The first-order valence-electron chi connectivity index (χ1n) is 16.1. The molecule has 0 radical (unpaired) electrons. The molecule has 220 valence electrons. The normalized spacial score (nSPS) is 13.6. The first-order chi connectivity index (χ1) is 19.1. The quantitative estimate of drug-likeness (QED) is 0.186. The Balaban J connectivity index is 0.00000260. The second-order valence-electron chi connectivity index (χ2n) is 10.8. The number of nitrogens with zero attached hydrogens (tertiary/aromatic N) is 4. The minimum absolute atomic E-state index is 0.175. The fraction of sp³-hybridized carbons (Fsp3) is 0.676. The van der Waals surface area contributed by atoms with E-state index in [2.05, 4.69) is 47.6 Å². The van der Waals surface area contributed by atoms with Gasteiger partial charge in [0.05, 0.1) is 0 Å². The molecule has 1 aliphatic heterocycles. The highest BCUT2D eigenvalue weighted by molar-refractivity contribution is 5.55. The molecule has 3 rings (SSSR count). The Hall–Kier alpha value is -2.30. The molecule has 0 unspecified atom stereocenters. The van der Waals surface area contributed by atoms with E-state index in [1.165, 1.54) is 76.0 Å². The summed E-state index contributed by atoms with van der Waals surface area (Å²) < 4.78 is 13.8. The van der Waals surface area contributed by atoms with Gasteiger partial charge in [-0.25, -0.2) is 9.37 Å². The highest BCUT2D eigenvalue weighted by Crippen LogP contribution is 2.28. The monoisotopic (exact) mass is 540 g/mol. The lowest BCUT2D eigenvalue weighted by Gasteiger charge is -2.34. The zero-order valence-electron chi connectivity index (χ0n) is 25.8. The third-order valence-electron chi connectivity index (χ3n) is 7.94. The summed E-state index contributed by atoms with van der Waals surface area (Å²) >= 11 is 0. The molecule has 1 fully saturated rings. The van der Waals surface area contributed by atoms with Crippen LogP contribution >= 0.6 is 0 Å². The molecule has 1 saturated heterocycles. The van der Waals surface area contributed by atoms with E-state index < -0.39 is 0 Å². The number of hydrogen-bond acceptors (Lipinski definition) is 4. The molecule has 1 aromatic carbocycles. The second kappa shape index (κ2) is 19.7. The number of aromatic nitrogens is 1. The van der Waals surface area contributed by atoms with Gasteiger partial charge in [-0.2, -0.15) is 0 Å². The Morgan fingerprint density at radius 1 is 0.821 bits per heavy atom. The molecule has 0 N–H and O–H groups in total. The largest absolute Gasteiger partial charge is 0.371 e. The number of unbranched alkanes of at least 4 members (excludes halogenated alkanes) is 6. The third kappa shape index (κ3) is 11.8. The Kier molecular flexibility index (Phi) is 16.6. The summed E-state index contributed by atoms with van der Waals surface area (Å²) in [5.74, 6) is 1.76. The van der Waals surface area contributed by atoms with Crippen molar-refractivity contribution in [3.8, 4) is 0 Å². The van der Waals surface area contributed by atoms with Crippen molar-refractivity contribution >= 4 is 17.2 Å². The van der Waals surface area contributed by atoms with Crippen LogP contribution in [-0.4, -0.2) is 44.3 Å². The van der Waals surface area contributed by atoms with Gasteiger partial charge < -0.3 is 14.7 Å². The molecule has 4 nitrogen and oxygen atoms in total. The van der Waals surface area contributed by atoms with Crippen molar-refractivity contribution in [3.63, 3.8) is 0 Å². The molecule has 2 heterocycles. The second-order valence-corrected chi connectivity index (χ2v) is 10.8. The summed E-state index contributed by atoms with van der Waals surface area (Å²) in [6.07, 6.45) is 16.9. The van der Waals surface area contributed by atoms with E-state index in [1.54, 1.807) is 12.1 Å². The van der Waals surface area contributed by atoms with Crippen LogP contribution in [0.5, 0.6) is 0 Å². The molecule has 5 heteroatoms. The van der Waals surface area contributed by atoms with Crippen LogP contribution in [0.3, 0.4) is 0 Å². The van der Waals surface area contributed by atoms with Gasteiger partial charge >= 0.3 is 0 Å². The maximum atomic E-state index is 13.8. The maximum Gasteiger partial charge on any atom is 0.130 e. The predicted molar refractivity (Wildman–Crippen MR) is 170 cm³/mol. The SMILES string of the molecule is CC.CCCCCCCCCC1CCN(c2ccnc(N(CC)CCN(CCC)c3cccc(F)c3)c2)CC1. The van der Waals surface area contributed by atoms with Crippen LogP contribution in [0.2, 0.25) is 0 Å². The number of benzene rings is 1. The van der Waals surface area contributed by atoms with Gasteiger partial charge in [0, 0.05) is 62.9 Å². The van der Waals surface area contributed by atoms with Gasteiger partial charge in [-0.05, 0) is 56.4 Å². The summed E-state index contributed by atoms with van der Waals surface area (Å²) in [7, 11) is 0. The number of rotatable bonds is 17. The summed E-state index contributed by atoms with van der Waals surface area (Å²) in [6.45, 7) is 16.5. The first-order valence-corrected chi connectivity index (χ1v) is 16.1. The Labute approximate surface area is 240 Å². The lowest BCUT2D eigenvalue weighted by molar-refractivity contribution is 0.366. The van der Waals surface area contributed by atoms with Gasteiger partial charge in [0.25, 0.3) is 0 Å². The zero-order valence-corrected chi connectivity index (χ0v) is 25.8. The molecule has 0 amide bonds. The lowest BCUT2D eigenvalue weighted by Crippen LogP contribution is -2.36. The standard InChI is InChI=1S/C32H51FN4.C2H6/c1-4-7-8-9-10-11-12-14-28-18-22-37(23-19-28)31-17-20-34-32(27-31)35(6-3)24-25-36(21-5-2)30-16-13-15-29(33)26-30;1-2/h13,15-17,20,26-28H,4-12,14,18-19,21-25H2,1-3H3;1-2H3.